The van der Waals surface area contributed by atoms with Crippen LogP contribution in [0.2, 0.25) is 5.15 Å². The Labute approximate surface area is 115 Å². The van der Waals surface area contributed by atoms with Gasteiger partial charge in [-0.15, -0.1) is 0 Å². The van der Waals surface area contributed by atoms with Gasteiger partial charge in [0.2, 0.25) is 0 Å². The third-order valence-corrected chi connectivity index (χ3v) is 2.50. The SMILES string of the molecule is CCOC(=O)Cc1cc(C(F)F)nc(Cl)c1C(F)(F)F. The summed E-state index contributed by atoms with van der Waals surface area (Å²) in [5.41, 5.74) is -3.02. The molecule has 0 atom stereocenters. The van der Waals surface area contributed by atoms with E-state index in [-0.39, 0.29) is 6.61 Å². The Morgan fingerprint density at radius 3 is 2.50 bits per heavy atom. The zero-order valence-electron chi connectivity index (χ0n) is 10.1. The average Bonchev–Trinajstić information content (AvgIpc) is 2.26. The molecule has 1 aromatic heterocycles. The van der Waals surface area contributed by atoms with Crippen LogP contribution in [0, 0.1) is 0 Å². The molecule has 0 radical (unpaired) electrons. The number of aromatic nitrogens is 1. The van der Waals surface area contributed by atoms with Gasteiger partial charge in [0.25, 0.3) is 6.43 Å². The molecule has 0 aliphatic heterocycles. The Morgan fingerprint density at radius 2 is 2.05 bits per heavy atom. The number of halogens is 6. The smallest absolute Gasteiger partial charge is 0.419 e. The molecule has 9 heteroatoms. The molecule has 0 unspecified atom stereocenters. The summed E-state index contributed by atoms with van der Waals surface area (Å²) in [5.74, 6) is -0.972. The number of ether oxygens (including phenoxy) is 1. The summed E-state index contributed by atoms with van der Waals surface area (Å²) >= 11 is 5.31. The van der Waals surface area contributed by atoms with Crippen LogP contribution in [0.15, 0.2) is 6.07 Å². The molecule has 0 aliphatic carbocycles. The van der Waals surface area contributed by atoms with E-state index in [4.69, 9.17) is 11.6 Å². The van der Waals surface area contributed by atoms with Gasteiger partial charge in [0, 0.05) is 0 Å². The van der Waals surface area contributed by atoms with Crippen molar-refractivity contribution in [1.29, 1.82) is 0 Å². The van der Waals surface area contributed by atoms with Crippen molar-refractivity contribution in [1.82, 2.24) is 4.98 Å². The lowest BCUT2D eigenvalue weighted by molar-refractivity contribution is -0.143. The van der Waals surface area contributed by atoms with Crippen molar-refractivity contribution in [3.63, 3.8) is 0 Å². The van der Waals surface area contributed by atoms with Crippen LogP contribution in [-0.4, -0.2) is 17.6 Å². The number of nitrogens with zero attached hydrogens (tertiary/aromatic N) is 1. The molecule has 0 bridgehead atoms. The summed E-state index contributed by atoms with van der Waals surface area (Å²) in [6.07, 6.45) is -8.83. The molecule has 0 saturated heterocycles. The average molecular weight is 318 g/mol. The Hall–Kier alpha value is -1.44. The van der Waals surface area contributed by atoms with Crippen LogP contribution in [-0.2, 0) is 22.1 Å². The molecule has 112 valence electrons. The first-order chi connectivity index (χ1) is 9.16. The van der Waals surface area contributed by atoms with Gasteiger partial charge in [-0.3, -0.25) is 4.79 Å². The van der Waals surface area contributed by atoms with E-state index in [1.165, 1.54) is 6.92 Å². The quantitative estimate of drug-likeness (QED) is 0.482. The van der Waals surface area contributed by atoms with Crippen molar-refractivity contribution < 1.29 is 31.5 Å². The maximum Gasteiger partial charge on any atom is 0.419 e. The molecule has 3 nitrogen and oxygen atoms in total. The lowest BCUT2D eigenvalue weighted by Crippen LogP contribution is -2.16. The summed E-state index contributed by atoms with van der Waals surface area (Å²) in [5, 5.41) is -1.12. The number of carbonyl (C=O) groups excluding carboxylic acids is 1. The third-order valence-electron chi connectivity index (χ3n) is 2.22. The van der Waals surface area contributed by atoms with E-state index < -0.39 is 47.0 Å². The zero-order chi connectivity index (χ0) is 15.5. The molecule has 0 amide bonds. The molecular weight excluding hydrogens is 309 g/mol. The Morgan fingerprint density at radius 1 is 1.45 bits per heavy atom. The molecule has 0 fully saturated rings. The fourth-order valence-electron chi connectivity index (χ4n) is 1.50. The maximum absolute atomic E-state index is 12.8. The number of hydrogen-bond donors (Lipinski definition) is 0. The van der Waals surface area contributed by atoms with Gasteiger partial charge in [-0.05, 0) is 18.6 Å². The van der Waals surface area contributed by atoms with Crippen LogP contribution in [0.4, 0.5) is 22.0 Å². The highest BCUT2D eigenvalue weighted by atomic mass is 35.5. The van der Waals surface area contributed by atoms with Crippen LogP contribution in [0.1, 0.15) is 30.2 Å². The number of alkyl halides is 5. The fraction of sp³-hybridized carbons (Fsp3) is 0.455. The summed E-state index contributed by atoms with van der Waals surface area (Å²) in [6, 6.07) is 0.510. The Bertz CT molecular complexity index is 504. The minimum absolute atomic E-state index is 0.0410. The first-order valence-corrected chi connectivity index (χ1v) is 5.74. The summed E-state index contributed by atoms with van der Waals surface area (Å²) in [6.45, 7) is 1.42. The highest BCUT2D eigenvalue weighted by Gasteiger charge is 2.38. The van der Waals surface area contributed by atoms with Gasteiger partial charge in [0.1, 0.15) is 10.8 Å². The van der Waals surface area contributed by atoms with E-state index in [0.29, 0.717) is 6.07 Å². The van der Waals surface area contributed by atoms with Crippen molar-refractivity contribution in [2.24, 2.45) is 0 Å². The number of hydrogen-bond acceptors (Lipinski definition) is 3. The van der Waals surface area contributed by atoms with Gasteiger partial charge in [-0.2, -0.15) is 13.2 Å². The van der Waals surface area contributed by atoms with Crippen molar-refractivity contribution in [2.45, 2.75) is 25.9 Å². The Kier molecular flexibility index (Phi) is 5.27. The molecule has 20 heavy (non-hydrogen) atoms. The number of esters is 1. The van der Waals surface area contributed by atoms with E-state index in [1.54, 1.807) is 0 Å². The van der Waals surface area contributed by atoms with E-state index in [1.807, 2.05) is 0 Å². The number of carbonyl (C=O) groups is 1. The topological polar surface area (TPSA) is 39.2 Å². The summed E-state index contributed by atoms with van der Waals surface area (Å²) in [4.78, 5) is 14.2. The third kappa shape index (κ3) is 4.03. The van der Waals surface area contributed by atoms with Crippen molar-refractivity contribution >= 4 is 17.6 Å². The predicted octanol–water partition coefficient (Wildman–Crippen LogP) is 3.80. The first-order valence-electron chi connectivity index (χ1n) is 5.37. The van der Waals surface area contributed by atoms with Crippen molar-refractivity contribution in [3.05, 3.63) is 28.0 Å². The van der Waals surface area contributed by atoms with Crippen molar-refractivity contribution in [3.8, 4) is 0 Å². The normalized spacial score (nSPS) is 11.8. The lowest BCUT2D eigenvalue weighted by atomic mass is 10.1. The van der Waals surface area contributed by atoms with Crippen LogP contribution >= 0.6 is 11.6 Å². The summed E-state index contributed by atoms with van der Waals surface area (Å²) < 4.78 is 68.0. The second-order valence-corrected chi connectivity index (χ2v) is 4.01. The van der Waals surface area contributed by atoms with Crippen molar-refractivity contribution in [2.75, 3.05) is 6.61 Å². The van der Waals surface area contributed by atoms with Gasteiger partial charge in [-0.1, -0.05) is 11.6 Å². The first kappa shape index (κ1) is 16.6. The molecule has 1 rings (SSSR count). The van der Waals surface area contributed by atoms with E-state index in [9.17, 15) is 26.7 Å². The monoisotopic (exact) mass is 317 g/mol. The van der Waals surface area contributed by atoms with Gasteiger partial charge < -0.3 is 4.74 Å². The maximum atomic E-state index is 12.8. The number of rotatable bonds is 4. The van der Waals surface area contributed by atoms with Crippen LogP contribution in [0.25, 0.3) is 0 Å². The van der Waals surface area contributed by atoms with Crippen LogP contribution in [0.3, 0.4) is 0 Å². The highest BCUT2D eigenvalue weighted by molar-refractivity contribution is 6.30. The molecule has 0 spiro atoms. The lowest BCUT2D eigenvalue weighted by Gasteiger charge is -2.15. The second kappa shape index (κ2) is 6.34. The predicted molar refractivity (Wildman–Crippen MR) is 59.5 cm³/mol. The van der Waals surface area contributed by atoms with Gasteiger partial charge in [0.15, 0.2) is 0 Å². The Balaban J connectivity index is 3.32. The molecule has 1 aromatic rings. The standard InChI is InChI=1S/C11H9ClF5NO2/c1-2-20-7(19)4-5-3-6(10(13)14)18-9(12)8(5)11(15,16)17/h3,10H,2,4H2,1H3. The van der Waals surface area contributed by atoms with E-state index in [0.717, 1.165) is 0 Å². The van der Waals surface area contributed by atoms with Gasteiger partial charge in [0.05, 0.1) is 18.6 Å². The largest absolute Gasteiger partial charge is 0.466 e. The minimum Gasteiger partial charge on any atom is -0.466 e. The fourth-order valence-corrected chi connectivity index (χ4v) is 1.83. The van der Waals surface area contributed by atoms with Crippen LogP contribution in [0.5, 0.6) is 0 Å². The zero-order valence-corrected chi connectivity index (χ0v) is 10.9. The molecular formula is C11H9ClF5NO2. The van der Waals surface area contributed by atoms with E-state index in [2.05, 4.69) is 9.72 Å². The molecule has 1 heterocycles. The van der Waals surface area contributed by atoms with E-state index >= 15 is 0 Å². The molecule has 0 aliphatic rings. The van der Waals surface area contributed by atoms with Gasteiger partial charge in [-0.25, -0.2) is 13.8 Å². The summed E-state index contributed by atoms with van der Waals surface area (Å²) in [7, 11) is 0. The van der Waals surface area contributed by atoms with Crippen LogP contribution < -0.4 is 0 Å². The molecule has 0 saturated carbocycles. The van der Waals surface area contributed by atoms with Gasteiger partial charge >= 0.3 is 12.1 Å². The molecule has 0 N–H and O–H groups in total. The highest BCUT2D eigenvalue weighted by Crippen LogP contribution is 2.38. The second-order valence-electron chi connectivity index (χ2n) is 3.65. The minimum atomic E-state index is -4.91. The molecule has 0 aromatic carbocycles. The number of pyridine rings is 1.